The average molecular weight is 425 g/mol. The number of carbonyl (C=O) groups is 1. The molecule has 0 unspecified atom stereocenters. The van der Waals surface area contributed by atoms with E-state index in [4.69, 9.17) is 0 Å². The van der Waals surface area contributed by atoms with Crippen molar-refractivity contribution in [3.63, 3.8) is 0 Å². The Morgan fingerprint density at radius 2 is 1.97 bits per heavy atom. The van der Waals surface area contributed by atoms with E-state index in [-0.39, 0.29) is 11.7 Å². The lowest BCUT2D eigenvalue weighted by Gasteiger charge is -2.36. The highest BCUT2D eigenvalue weighted by Crippen LogP contribution is 2.32. The Morgan fingerprint density at radius 1 is 1.24 bits per heavy atom. The smallest absolute Gasteiger partial charge is 0.368 e. The molecule has 1 aliphatic heterocycles. The van der Waals surface area contributed by atoms with E-state index in [1.165, 1.54) is 17.8 Å². The van der Waals surface area contributed by atoms with E-state index in [9.17, 15) is 18.0 Å². The van der Waals surface area contributed by atoms with Gasteiger partial charge in [-0.2, -0.15) is 13.2 Å². The maximum atomic E-state index is 12.9. The molecule has 0 bridgehead atoms. The summed E-state index contributed by atoms with van der Waals surface area (Å²) in [7, 11) is 0. The number of hydrogen-bond acceptors (Lipinski definition) is 5. The Bertz CT molecular complexity index is 875. The van der Waals surface area contributed by atoms with Crippen LogP contribution in [-0.4, -0.2) is 57.5 Å². The molecule has 0 spiro atoms. The Labute approximate surface area is 171 Å². The number of halogens is 3. The van der Waals surface area contributed by atoms with Crippen LogP contribution in [0.2, 0.25) is 0 Å². The van der Waals surface area contributed by atoms with Gasteiger partial charge in [0.05, 0.1) is 11.3 Å². The van der Waals surface area contributed by atoms with Gasteiger partial charge in [-0.15, -0.1) is 16.8 Å². The van der Waals surface area contributed by atoms with Gasteiger partial charge in [0.15, 0.2) is 5.16 Å². The fourth-order valence-electron chi connectivity index (χ4n) is 3.12. The number of benzene rings is 1. The molecule has 1 saturated heterocycles. The number of anilines is 1. The maximum absolute atomic E-state index is 12.9. The second-order valence-electron chi connectivity index (χ2n) is 6.63. The molecular formula is C19H22F3N5OS. The summed E-state index contributed by atoms with van der Waals surface area (Å²) in [6.07, 6.45) is -2.62. The molecule has 1 aromatic heterocycles. The third-order valence-electron chi connectivity index (χ3n) is 4.71. The van der Waals surface area contributed by atoms with Crippen molar-refractivity contribution < 1.29 is 18.0 Å². The number of amides is 1. The van der Waals surface area contributed by atoms with Crippen LogP contribution in [0.4, 0.5) is 18.9 Å². The average Bonchev–Trinajstić information content (AvgIpc) is 3.06. The fraction of sp³-hybridized carbons (Fsp3) is 0.421. The van der Waals surface area contributed by atoms with Crippen molar-refractivity contribution in [2.24, 2.45) is 0 Å². The summed E-state index contributed by atoms with van der Waals surface area (Å²) < 4.78 is 40.6. The number of aromatic nitrogens is 3. The highest BCUT2D eigenvalue weighted by molar-refractivity contribution is 7.99. The minimum atomic E-state index is -4.37. The van der Waals surface area contributed by atoms with E-state index >= 15 is 0 Å². The van der Waals surface area contributed by atoms with E-state index in [0.717, 1.165) is 18.0 Å². The lowest BCUT2D eigenvalue weighted by atomic mass is 10.1. The largest absolute Gasteiger partial charge is 0.416 e. The van der Waals surface area contributed by atoms with Gasteiger partial charge in [-0.3, -0.25) is 4.79 Å². The van der Waals surface area contributed by atoms with Gasteiger partial charge in [0.1, 0.15) is 5.82 Å². The molecule has 1 aliphatic rings. The Balaban J connectivity index is 1.54. The van der Waals surface area contributed by atoms with Gasteiger partial charge in [-0.05, 0) is 25.1 Å². The van der Waals surface area contributed by atoms with Gasteiger partial charge in [0.2, 0.25) is 5.91 Å². The van der Waals surface area contributed by atoms with Gasteiger partial charge in [-0.25, -0.2) is 0 Å². The van der Waals surface area contributed by atoms with E-state index in [0.29, 0.717) is 43.6 Å². The van der Waals surface area contributed by atoms with Crippen LogP contribution in [0.3, 0.4) is 0 Å². The molecule has 156 valence electrons. The number of piperazine rings is 1. The van der Waals surface area contributed by atoms with E-state index in [2.05, 4.69) is 16.8 Å². The van der Waals surface area contributed by atoms with Crippen LogP contribution in [-0.2, 0) is 17.5 Å². The zero-order valence-electron chi connectivity index (χ0n) is 16.0. The number of alkyl halides is 3. The Morgan fingerprint density at radius 3 is 2.62 bits per heavy atom. The molecule has 0 radical (unpaired) electrons. The zero-order valence-corrected chi connectivity index (χ0v) is 16.8. The van der Waals surface area contributed by atoms with Crippen LogP contribution in [0.1, 0.15) is 11.4 Å². The van der Waals surface area contributed by atoms with Crippen molar-refractivity contribution >= 4 is 23.4 Å². The molecule has 2 aromatic rings. The van der Waals surface area contributed by atoms with Gasteiger partial charge in [-0.1, -0.05) is 23.9 Å². The first-order valence-electron chi connectivity index (χ1n) is 9.13. The first kappa shape index (κ1) is 21.2. The second-order valence-corrected chi connectivity index (χ2v) is 7.58. The predicted molar refractivity (Wildman–Crippen MR) is 106 cm³/mol. The number of nitrogens with zero attached hydrogens (tertiary/aromatic N) is 5. The fourth-order valence-corrected chi connectivity index (χ4v) is 4.01. The van der Waals surface area contributed by atoms with Gasteiger partial charge in [0, 0.05) is 38.4 Å². The lowest BCUT2D eigenvalue weighted by molar-refractivity contribution is -0.137. The molecule has 10 heteroatoms. The molecule has 0 saturated carbocycles. The van der Waals surface area contributed by atoms with Crippen LogP contribution in [0, 0.1) is 6.92 Å². The molecule has 1 fully saturated rings. The normalized spacial score (nSPS) is 14.9. The third-order valence-corrected chi connectivity index (χ3v) is 5.66. The standard InChI is InChI=1S/C19H22F3N5OS/c1-3-7-27-14(2)23-24-18(27)29-13-17(28)26-10-8-25(9-11-26)16-6-4-5-15(12-16)19(20,21)22/h3-6,12H,1,7-11,13H2,2H3. The van der Waals surface area contributed by atoms with Crippen molar-refractivity contribution in [3.05, 3.63) is 48.3 Å². The summed E-state index contributed by atoms with van der Waals surface area (Å²) in [4.78, 5) is 16.1. The summed E-state index contributed by atoms with van der Waals surface area (Å²) in [5.41, 5.74) is -0.141. The number of rotatable bonds is 6. The van der Waals surface area contributed by atoms with E-state index in [1.807, 2.05) is 16.4 Å². The van der Waals surface area contributed by atoms with Gasteiger partial charge in [0.25, 0.3) is 0 Å². The number of thioether (sulfide) groups is 1. The van der Waals surface area contributed by atoms with Crippen LogP contribution in [0.25, 0.3) is 0 Å². The number of carbonyl (C=O) groups excluding carboxylic acids is 1. The first-order valence-corrected chi connectivity index (χ1v) is 10.1. The minimum Gasteiger partial charge on any atom is -0.368 e. The van der Waals surface area contributed by atoms with Crippen molar-refractivity contribution in [1.29, 1.82) is 0 Å². The third kappa shape index (κ3) is 5.11. The molecule has 29 heavy (non-hydrogen) atoms. The number of hydrogen-bond donors (Lipinski definition) is 0. The number of allylic oxidation sites excluding steroid dienone is 1. The Hall–Kier alpha value is -2.49. The zero-order chi connectivity index (χ0) is 21.0. The quantitative estimate of drug-likeness (QED) is 0.526. The summed E-state index contributed by atoms with van der Waals surface area (Å²) in [5.74, 6) is 0.970. The molecule has 1 amide bonds. The van der Waals surface area contributed by atoms with E-state index in [1.54, 1.807) is 17.0 Å². The van der Waals surface area contributed by atoms with Crippen LogP contribution in [0.15, 0.2) is 42.1 Å². The summed E-state index contributed by atoms with van der Waals surface area (Å²) in [6, 6.07) is 5.29. The predicted octanol–water partition coefficient (Wildman–Crippen LogP) is 3.23. The van der Waals surface area contributed by atoms with Gasteiger partial charge < -0.3 is 14.4 Å². The molecule has 0 aliphatic carbocycles. The molecular weight excluding hydrogens is 403 g/mol. The van der Waals surface area contributed by atoms with Crippen LogP contribution >= 0.6 is 11.8 Å². The monoisotopic (exact) mass is 425 g/mol. The van der Waals surface area contributed by atoms with Crippen molar-refractivity contribution in [1.82, 2.24) is 19.7 Å². The highest BCUT2D eigenvalue weighted by Gasteiger charge is 2.31. The SMILES string of the molecule is C=CCn1c(C)nnc1SCC(=O)N1CCN(c2cccc(C(F)(F)F)c2)CC1. The molecule has 0 atom stereocenters. The summed E-state index contributed by atoms with van der Waals surface area (Å²) >= 11 is 1.32. The van der Waals surface area contributed by atoms with Gasteiger partial charge >= 0.3 is 6.18 Å². The Kier molecular flexibility index (Phi) is 6.51. The maximum Gasteiger partial charge on any atom is 0.416 e. The molecule has 0 N–H and O–H groups in total. The summed E-state index contributed by atoms with van der Waals surface area (Å²) in [6.45, 7) is 8.04. The van der Waals surface area contributed by atoms with Crippen molar-refractivity contribution in [2.75, 3.05) is 36.8 Å². The molecule has 1 aromatic carbocycles. The van der Waals surface area contributed by atoms with Crippen LogP contribution < -0.4 is 4.90 Å². The van der Waals surface area contributed by atoms with Crippen LogP contribution in [0.5, 0.6) is 0 Å². The topological polar surface area (TPSA) is 54.3 Å². The van der Waals surface area contributed by atoms with E-state index < -0.39 is 11.7 Å². The second kappa shape index (κ2) is 8.89. The summed E-state index contributed by atoms with van der Waals surface area (Å²) in [5, 5.41) is 8.78. The molecule has 2 heterocycles. The highest BCUT2D eigenvalue weighted by atomic mass is 32.2. The van der Waals surface area contributed by atoms with Crippen molar-refractivity contribution in [3.8, 4) is 0 Å². The lowest BCUT2D eigenvalue weighted by Crippen LogP contribution is -2.49. The molecule has 6 nitrogen and oxygen atoms in total. The number of aryl methyl sites for hydroxylation is 1. The molecule has 3 rings (SSSR count). The minimum absolute atomic E-state index is 0.0236. The first-order chi connectivity index (χ1) is 13.8. The van der Waals surface area contributed by atoms with Crippen molar-refractivity contribution in [2.45, 2.75) is 24.8 Å².